The molecule has 1 saturated heterocycles. The molecular weight excluding hydrogens is 404 g/mol. The van der Waals surface area contributed by atoms with Crippen LogP contribution in [0.3, 0.4) is 0 Å². The molecule has 0 radical (unpaired) electrons. The number of rotatable bonds is 5. The first-order valence-electron chi connectivity index (χ1n) is 9.81. The lowest BCUT2D eigenvalue weighted by Crippen LogP contribution is -2.40. The molecule has 4 heterocycles. The van der Waals surface area contributed by atoms with Crippen LogP contribution in [0.4, 0.5) is 0 Å². The Kier molecular flexibility index (Phi) is 5.52. The molecule has 0 amide bonds. The number of hydrogen-bond acceptors (Lipinski definition) is 6. The van der Waals surface area contributed by atoms with Gasteiger partial charge < -0.3 is 4.57 Å². The molecule has 30 heavy (non-hydrogen) atoms. The molecule has 0 unspecified atom stereocenters. The van der Waals surface area contributed by atoms with Crippen LogP contribution in [-0.2, 0) is 23.6 Å². The second-order valence-corrected chi connectivity index (χ2v) is 9.48. The lowest BCUT2D eigenvalue weighted by Gasteiger charge is -2.30. The third kappa shape index (κ3) is 4.05. The van der Waals surface area contributed by atoms with Crippen molar-refractivity contribution in [2.45, 2.75) is 31.3 Å². The quantitative estimate of drug-likeness (QED) is 0.609. The smallest absolute Gasteiger partial charge is 0.262 e. The monoisotopic (exact) mass is 428 g/mol. The number of sulfonamides is 1. The van der Waals surface area contributed by atoms with Crippen LogP contribution in [-0.4, -0.2) is 49.9 Å². The van der Waals surface area contributed by atoms with E-state index in [4.69, 9.17) is 0 Å². The molecule has 0 aromatic carbocycles. The van der Waals surface area contributed by atoms with Gasteiger partial charge in [-0.3, -0.25) is 14.3 Å². The highest BCUT2D eigenvalue weighted by Crippen LogP contribution is 2.24. The maximum Gasteiger partial charge on any atom is 0.262 e. The minimum absolute atomic E-state index is 0.0901. The predicted octanol–water partition coefficient (Wildman–Crippen LogP) is 1.45. The van der Waals surface area contributed by atoms with Crippen LogP contribution in [0.15, 0.2) is 52.9 Å². The molecule has 0 N–H and O–H groups in total. The Morgan fingerprint density at radius 2 is 2.00 bits per heavy atom. The van der Waals surface area contributed by atoms with Gasteiger partial charge in [-0.1, -0.05) is 0 Å². The van der Waals surface area contributed by atoms with Crippen LogP contribution in [0.1, 0.15) is 18.7 Å². The van der Waals surface area contributed by atoms with Crippen LogP contribution in [0.5, 0.6) is 0 Å². The summed E-state index contributed by atoms with van der Waals surface area (Å²) in [4.78, 5) is 25.1. The average molecular weight is 429 g/mol. The van der Waals surface area contributed by atoms with Crippen molar-refractivity contribution in [3.8, 4) is 11.3 Å². The van der Waals surface area contributed by atoms with Gasteiger partial charge in [-0.2, -0.15) is 4.31 Å². The van der Waals surface area contributed by atoms with Gasteiger partial charge in [0, 0.05) is 56.9 Å². The van der Waals surface area contributed by atoms with E-state index in [1.165, 1.54) is 10.4 Å². The van der Waals surface area contributed by atoms with Crippen LogP contribution in [0, 0.1) is 12.8 Å². The van der Waals surface area contributed by atoms with Gasteiger partial charge in [0.25, 0.3) is 15.6 Å². The largest absolute Gasteiger partial charge is 0.337 e. The number of pyridine rings is 1. The highest BCUT2D eigenvalue weighted by atomic mass is 32.2. The number of hydrogen-bond donors (Lipinski definition) is 0. The first-order valence-corrected chi connectivity index (χ1v) is 11.3. The number of nitrogens with zero attached hydrogens (tertiary/aromatic N) is 6. The summed E-state index contributed by atoms with van der Waals surface area (Å²) >= 11 is 0. The summed E-state index contributed by atoms with van der Waals surface area (Å²) in [5.41, 5.74) is 1.27. The Hall–Kier alpha value is -2.85. The van der Waals surface area contributed by atoms with Crippen molar-refractivity contribution in [3.63, 3.8) is 0 Å². The standard InChI is InChI=1S/C20H24N6O3S/c1-15-23-19(13-24(15)2)30(28,29)26-8-5-16(6-9-26)12-25-14-22-18(10-20(25)27)17-4-3-7-21-11-17/h3-4,7,10-11,13-14,16H,5-6,8-9,12H2,1-2H3. The SMILES string of the molecule is Cc1nc(S(=O)(=O)N2CCC(Cn3cnc(-c4cccnc4)cc3=O)CC2)cn1C. The first-order chi connectivity index (χ1) is 14.3. The predicted molar refractivity (Wildman–Crippen MR) is 111 cm³/mol. The summed E-state index contributed by atoms with van der Waals surface area (Å²) in [7, 11) is -1.81. The first kappa shape index (κ1) is 20.4. The third-order valence-electron chi connectivity index (χ3n) is 5.56. The summed E-state index contributed by atoms with van der Waals surface area (Å²) in [5, 5.41) is 0.0901. The molecule has 4 rings (SSSR count). The van der Waals surface area contributed by atoms with Crippen molar-refractivity contribution in [1.82, 2.24) is 28.4 Å². The van der Waals surface area contributed by atoms with Crippen LogP contribution < -0.4 is 5.56 Å². The normalized spacial score (nSPS) is 16.1. The maximum absolute atomic E-state index is 12.8. The van der Waals surface area contributed by atoms with E-state index >= 15 is 0 Å². The molecule has 10 heteroatoms. The lowest BCUT2D eigenvalue weighted by molar-refractivity contribution is 0.250. The van der Waals surface area contributed by atoms with E-state index in [9.17, 15) is 13.2 Å². The van der Waals surface area contributed by atoms with Crippen molar-refractivity contribution in [2.75, 3.05) is 13.1 Å². The molecule has 0 spiro atoms. The molecule has 1 fully saturated rings. The Balaban J connectivity index is 1.41. The maximum atomic E-state index is 12.8. The highest BCUT2D eigenvalue weighted by Gasteiger charge is 2.31. The molecule has 0 saturated carbocycles. The number of imidazole rings is 1. The van der Waals surface area contributed by atoms with Gasteiger partial charge in [-0.05, 0) is 37.8 Å². The van der Waals surface area contributed by atoms with Gasteiger partial charge in [-0.15, -0.1) is 0 Å². The molecule has 0 aliphatic carbocycles. The van der Waals surface area contributed by atoms with Gasteiger partial charge in [0.2, 0.25) is 0 Å². The zero-order chi connectivity index (χ0) is 21.3. The van der Waals surface area contributed by atoms with Crippen LogP contribution >= 0.6 is 0 Å². The number of aryl methyl sites for hydroxylation is 2. The topological polar surface area (TPSA) is 103 Å². The zero-order valence-electron chi connectivity index (χ0n) is 17.0. The van der Waals surface area contributed by atoms with Crippen LogP contribution in [0.2, 0.25) is 0 Å². The van der Waals surface area contributed by atoms with Crippen LogP contribution in [0.25, 0.3) is 11.3 Å². The Morgan fingerprint density at radius 1 is 1.23 bits per heavy atom. The summed E-state index contributed by atoms with van der Waals surface area (Å²) in [6, 6.07) is 5.18. The van der Waals surface area contributed by atoms with E-state index in [2.05, 4.69) is 15.0 Å². The summed E-state index contributed by atoms with van der Waals surface area (Å²) in [5.74, 6) is 0.871. The number of piperidine rings is 1. The van der Waals surface area contributed by atoms with E-state index in [-0.39, 0.29) is 16.5 Å². The Bertz CT molecular complexity index is 1180. The molecule has 3 aromatic heterocycles. The molecule has 3 aromatic rings. The highest BCUT2D eigenvalue weighted by molar-refractivity contribution is 7.89. The van der Waals surface area contributed by atoms with Crippen molar-refractivity contribution in [1.29, 1.82) is 0 Å². The molecule has 0 atom stereocenters. The second kappa shape index (κ2) is 8.11. The van der Waals surface area contributed by atoms with Crippen molar-refractivity contribution < 1.29 is 8.42 Å². The van der Waals surface area contributed by atoms with Crippen molar-refractivity contribution >= 4 is 10.0 Å². The molecule has 1 aliphatic heterocycles. The van der Waals surface area contributed by atoms with Gasteiger partial charge in [0.1, 0.15) is 5.82 Å². The average Bonchev–Trinajstić information content (AvgIpc) is 3.10. The Morgan fingerprint density at radius 3 is 2.60 bits per heavy atom. The molecular formula is C20H24N6O3S. The van der Waals surface area contributed by atoms with E-state index < -0.39 is 10.0 Å². The minimum atomic E-state index is -3.59. The van der Waals surface area contributed by atoms with E-state index in [0.29, 0.717) is 44.0 Å². The van der Waals surface area contributed by atoms with Gasteiger partial charge in [0.15, 0.2) is 5.03 Å². The molecule has 1 aliphatic rings. The fourth-order valence-electron chi connectivity index (χ4n) is 3.63. The van der Waals surface area contributed by atoms with Crippen molar-refractivity contribution in [2.24, 2.45) is 13.0 Å². The zero-order valence-corrected chi connectivity index (χ0v) is 17.8. The van der Waals surface area contributed by atoms with Gasteiger partial charge >= 0.3 is 0 Å². The molecule has 0 bridgehead atoms. The van der Waals surface area contributed by atoms with E-state index in [1.807, 2.05) is 6.07 Å². The lowest BCUT2D eigenvalue weighted by atomic mass is 9.98. The molecule has 9 nitrogen and oxygen atoms in total. The minimum Gasteiger partial charge on any atom is -0.337 e. The fraction of sp³-hybridized carbons (Fsp3) is 0.400. The van der Waals surface area contributed by atoms with E-state index in [0.717, 1.165) is 5.56 Å². The van der Waals surface area contributed by atoms with Gasteiger partial charge in [0.05, 0.1) is 12.0 Å². The van der Waals surface area contributed by atoms with E-state index in [1.54, 1.807) is 54.1 Å². The summed E-state index contributed by atoms with van der Waals surface area (Å²) in [6.45, 7) is 3.13. The van der Waals surface area contributed by atoms with Gasteiger partial charge in [-0.25, -0.2) is 18.4 Å². The number of aromatic nitrogens is 5. The second-order valence-electron chi connectivity index (χ2n) is 7.59. The summed E-state index contributed by atoms with van der Waals surface area (Å²) < 4.78 is 30.4. The van der Waals surface area contributed by atoms with Crippen molar-refractivity contribution in [3.05, 3.63) is 59.3 Å². The third-order valence-corrected chi connectivity index (χ3v) is 7.33. The Labute approximate surface area is 175 Å². The summed E-state index contributed by atoms with van der Waals surface area (Å²) in [6.07, 6.45) is 7.82. The fourth-order valence-corrected chi connectivity index (χ4v) is 5.12. The molecule has 158 valence electrons.